The molecule has 0 aliphatic heterocycles. The summed E-state index contributed by atoms with van der Waals surface area (Å²) in [6.07, 6.45) is -3.36. The summed E-state index contributed by atoms with van der Waals surface area (Å²) in [5, 5.41) is 8.32. The summed E-state index contributed by atoms with van der Waals surface area (Å²) < 4.78 is 53.8. The van der Waals surface area contributed by atoms with E-state index in [1.807, 2.05) is 5.43 Å². The van der Waals surface area contributed by atoms with Gasteiger partial charge in [0.1, 0.15) is 0 Å². The summed E-state index contributed by atoms with van der Waals surface area (Å²) in [5.74, 6) is -2.51. The van der Waals surface area contributed by atoms with Gasteiger partial charge in [0, 0.05) is 19.3 Å². The van der Waals surface area contributed by atoms with Crippen LogP contribution >= 0.6 is 11.6 Å². The Bertz CT molecular complexity index is 1130. The first-order valence-corrected chi connectivity index (χ1v) is 10.5. The van der Waals surface area contributed by atoms with Crippen molar-refractivity contribution in [3.8, 4) is 11.5 Å². The molecule has 2 aromatic carbocycles. The molecule has 0 saturated heterocycles. The molecule has 3 N–H and O–H groups in total. The second kappa shape index (κ2) is 13.3. The van der Waals surface area contributed by atoms with E-state index >= 15 is 0 Å². The number of carbonyl (C=O) groups excluding carboxylic acids is 3. The topological polar surface area (TPSA) is 127 Å². The van der Waals surface area contributed by atoms with Gasteiger partial charge < -0.3 is 24.8 Å². The largest absolute Gasteiger partial charge is 0.493 e. The van der Waals surface area contributed by atoms with Crippen LogP contribution in [0.3, 0.4) is 0 Å². The molecule has 194 valence electrons. The van der Waals surface area contributed by atoms with Crippen LogP contribution in [0.25, 0.3) is 0 Å². The van der Waals surface area contributed by atoms with Gasteiger partial charge in [-0.3, -0.25) is 14.4 Å². The fraction of sp³-hybridized carbons (Fsp3) is 0.273. The van der Waals surface area contributed by atoms with E-state index in [-0.39, 0.29) is 35.4 Å². The number of alkyl halides is 3. The van der Waals surface area contributed by atoms with Crippen LogP contribution in [-0.2, 0) is 25.3 Å². The summed E-state index contributed by atoms with van der Waals surface area (Å²) in [6, 6.07) is 6.96. The Morgan fingerprint density at radius 1 is 1.11 bits per heavy atom. The van der Waals surface area contributed by atoms with Crippen molar-refractivity contribution in [3.05, 3.63) is 52.5 Å². The second-order valence-corrected chi connectivity index (χ2v) is 7.30. The van der Waals surface area contributed by atoms with Gasteiger partial charge in [0.15, 0.2) is 18.1 Å². The minimum absolute atomic E-state index is 0.00272. The van der Waals surface area contributed by atoms with E-state index < -0.39 is 36.1 Å². The smallest absolute Gasteiger partial charge is 0.416 e. The average Bonchev–Trinajstić information content (AvgIpc) is 2.82. The molecule has 0 aromatic heterocycles. The highest BCUT2D eigenvalue weighted by Gasteiger charge is 2.30. The lowest BCUT2D eigenvalue weighted by atomic mass is 10.2. The van der Waals surface area contributed by atoms with Crippen molar-refractivity contribution < 1.29 is 41.8 Å². The Labute approximate surface area is 208 Å². The molecule has 0 aliphatic rings. The molecule has 10 nitrogen and oxygen atoms in total. The quantitative estimate of drug-likeness (QED) is 0.187. The SMILES string of the molecule is COCCNC(=O)C(=O)N/N=C\c1cc(Cl)c(OCC(=O)Nc2cccc(C(F)(F)F)c2)c(OC)c1. The van der Waals surface area contributed by atoms with E-state index in [1.54, 1.807) is 0 Å². The lowest BCUT2D eigenvalue weighted by molar-refractivity contribution is -0.139. The van der Waals surface area contributed by atoms with Crippen molar-refractivity contribution in [3.63, 3.8) is 0 Å². The van der Waals surface area contributed by atoms with Crippen LogP contribution in [0.2, 0.25) is 5.02 Å². The molecule has 0 saturated carbocycles. The first-order chi connectivity index (χ1) is 17.0. The molecular weight excluding hydrogens is 509 g/mol. The molecule has 0 bridgehead atoms. The third-order valence-corrected chi connectivity index (χ3v) is 4.53. The number of rotatable bonds is 10. The van der Waals surface area contributed by atoms with Crippen molar-refractivity contribution in [1.82, 2.24) is 10.7 Å². The van der Waals surface area contributed by atoms with Crippen LogP contribution in [-0.4, -0.2) is 57.9 Å². The average molecular weight is 531 g/mol. The van der Waals surface area contributed by atoms with Gasteiger partial charge in [-0.25, -0.2) is 5.43 Å². The van der Waals surface area contributed by atoms with Crippen molar-refractivity contribution in [2.24, 2.45) is 5.10 Å². The maximum absolute atomic E-state index is 12.8. The molecule has 0 radical (unpaired) electrons. The fourth-order valence-electron chi connectivity index (χ4n) is 2.63. The molecule has 36 heavy (non-hydrogen) atoms. The van der Waals surface area contributed by atoms with E-state index in [0.717, 1.165) is 18.2 Å². The minimum atomic E-state index is -4.55. The maximum Gasteiger partial charge on any atom is 0.416 e. The monoisotopic (exact) mass is 530 g/mol. The first kappa shape index (κ1) is 28.4. The van der Waals surface area contributed by atoms with Gasteiger partial charge in [0.25, 0.3) is 5.91 Å². The molecule has 0 heterocycles. The summed E-state index contributed by atoms with van der Waals surface area (Å²) in [6.45, 7) is -0.186. The number of carbonyl (C=O) groups is 3. The fourth-order valence-corrected chi connectivity index (χ4v) is 2.90. The van der Waals surface area contributed by atoms with E-state index in [1.165, 1.54) is 38.6 Å². The molecule has 14 heteroatoms. The standard InChI is InChI=1S/C22H22ClF3N4O6/c1-34-7-6-27-20(32)21(33)30-28-11-13-8-16(23)19(17(9-13)35-2)36-12-18(31)29-15-5-3-4-14(10-15)22(24,25)26/h3-5,8-11H,6-7,12H2,1-2H3,(H,27,32)(H,29,31)(H,30,33)/b28-11-. The molecular formula is C22H22ClF3N4O6. The number of hydrogen-bond donors (Lipinski definition) is 3. The Kier molecular flexibility index (Phi) is 10.5. The molecule has 2 aromatic rings. The highest BCUT2D eigenvalue weighted by atomic mass is 35.5. The van der Waals surface area contributed by atoms with Gasteiger partial charge in [0.05, 0.1) is 30.5 Å². The third-order valence-electron chi connectivity index (χ3n) is 4.25. The molecule has 0 atom stereocenters. The Hall–Kier alpha value is -3.84. The van der Waals surface area contributed by atoms with Crippen LogP contribution in [0.1, 0.15) is 11.1 Å². The first-order valence-electron chi connectivity index (χ1n) is 10.1. The van der Waals surface area contributed by atoms with Gasteiger partial charge >= 0.3 is 18.0 Å². The van der Waals surface area contributed by atoms with Crippen LogP contribution in [0.4, 0.5) is 18.9 Å². The van der Waals surface area contributed by atoms with Crippen molar-refractivity contribution in [2.75, 3.05) is 39.3 Å². The summed E-state index contributed by atoms with van der Waals surface area (Å²) in [4.78, 5) is 35.4. The number of benzene rings is 2. The Morgan fingerprint density at radius 2 is 1.86 bits per heavy atom. The molecule has 3 amide bonds. The van der Waals surface area contributed by atoms with Crippen LogP contribution < -0.4 is 25.5 Å². The van der Waals surface area contributed by atoms with Crippen LogP contribution in [0, 0.1) is 0 Å². The van der Waals surface area contributed by atoms with Crippen molar-refractivity contribution in [2.45, 2.75) is 6.18 Å². The highest BCUT2D eigenvalue weighted by Crippen LogP contribution is 2.36. The summed E-state index contributed by atoms with van der Waals surface area (Å²) in [7, 11) is 2.76. The van der Waals surface area contributed by atoms with Crippen molar-refractivity contribution >= 4 is 41.2 Å². The normalized spacial score (nSPS) is 11.2. The highest BCUT2D eigenvalue weighted by molar-refractivity contribution is 6.35. The number of anilines is 1. The van der Waals surface area contributed by atoms with E-state index in [9.17, 15) is 27.6 Å². The predicted octanol–water partition coefficient (Wildman–Crippen LogP) is 2.60. The van der Waals surface area contributed by atoms with E-state index in [4.69, 9.17) is 25.8 Å². The molecule has 0 fully saturated rings. The number of nitrogens with one attached hydrogen (secondary N) is 3. The number of methoxy groups -OCH3 is 2. The third kappa shape index (κ3) is 8.74. The van der Waals surface area contributed by atoms with Gasteiger partial charge in [0.2, 0.25) is 0 Å². The number of ether oxygens (including phenoxy) is 3. The number of amides is 3. The molecule has 0 aliphatic carbocycles. The zero-order valence-corrected chi connectivity index (χ0v) is 19.8. The number of hydrogen-bond acceptors (Lipinski definition) is 7. The summed E-state index contributed by atoms with van der Waals surface area (Å²) in [5.41, 5.74) is 1.44. The number of nitrogens with zero attached hydrogens (tertiary/aromatic N) is 1. The number of halogens is 4. The van der Waals surface area contributed by atoms with Gasteiger partial charge in [-0.05, 0) is 35.9 Å². The van der Waals surface area contributed by atoms with Crippen molar-refractivity contribution in [1.29, 1.82) is 0 Å². The Balaban J connectivity index is 1.99. The lowest BCUT2D eigenvalue weighted by Crippen LogP contribution is -2.39. The summed E-state index contributed by atoms with van der Waals surface area (Å²) >= 11 is 6.20. The Morgan fingerprint density at radius 3 is 2.53 bits per heavy atom. The van der Waals surface area contributed by atoms with Crippen LogP contribution in [0.5, 0.6) is 11.5 Å². The van der Waals surface area contributed by atoms with Gasteiger partial charge in [-0.2, -0.15) is 18.3 Å². The maximum atomic E-state index is 12.8. The predicted molar refractivity (Wildman–Crippen MR) is 124 cm³/mol. The second-order valence-electron chi connectivity index (χ2n) is 6.90. The van der Waals surface area contributed by atoms with Gasteiger partial charge in [-0.1, -0.05) is 17.7 Å². The van der Waals surface area contributed by atoms with Gasteiger partial charge in [-0.15, -0.1) is 0 Å². The minimum Gasteiger partial charge on any atom is -0.493 e. The lowest BCUT2D eigenvalue weighted by Gasteiger charge is -2.14. The van der Waals surface area contributed by atoms with E-state index in [0.29, 0.717) is 5.56 Å². The number of hydrazone groups is 1. The molecule has 2 rings (SSSR count). The van der Waals surface area contributed by atoms with Crippen LogP contribution in [0.15, 0.2) is 41.5 Å². The van der Waals surface area contributed by atoms with E-state index in [2.05, 4.69) is 15.7 Å². The molecule has 0 spiro atoms. The molecule has 0 unspecified atom stereocenters. The zero-order valence-electron chi connectivity index (χ0n) is 19.1. The zero-order chi connectivity index (χ0) is 26.7.